The van der Waals surface area contributed by atoms with Gasteiger partial charge in [0.05, 0.1) is 4.99 Å². The standard InChI is InChI=1S/C11H17N3OS/c1-8-7-11(15)14(9(2)13-8)6-4-3-5-10(12)16/h7H,3-6H2,1-2H3,(H2,12,16). The average Bonchev–Trinajstić information content (AvgIpc) is 2.14. The zero-order chi connectivity index (χ0) is 12.1. The molecule has 88 valence electrons. The quantitative estimate of drug-likeness (QED) is 0.622. The number of hydrogen-bond acceptors (Lipinski definition) is 3. The molecule has 0 amide bonds. The summed E-state index contributed by atoms with van der Waals surface area (Å²) in [5, 5.41) is 0. The smallest absolute Gasteiger partial charge is 0.253 e. The molecular weight excluding hydrogens is 222 g/mol. The lowest BCUT2D eigenvalue weighted by Crippen LogP contribution is -2.23. The zero-order valence-corrected chi connectivity index (χ0v) is 10.5. The average molecular weight is 239 g/mol. The highest BCUT2D eigenvalue weighted by Gasteiger charge is 2.02. The highest BCUT2D eigenvalue weighted by molar-refractivity contribution is 7.80. The van der Waals surface area contributed by atoms with E-state index in [1.54, 1.807) is 10.6 Å². The largest absolute Gasteiger partial charge is 0.393 e. The monoisotopic (exact) mass is 239 g/mol. The van der Waals surface area contributed by atoms with Crippen molar-refractivity contribution >= 4 is 17.2 Å². The summed E-state index contributed by atoms with van der Waals surface area (Å²) in [6, 6.07) is 1.56. The Labute approximate surface area is 100 Å². The molecular formula is C11H17N3OS. The molecule has 0 saturated carbocycles. The first kappa shape index (κ1) is 12.8. The van der Waals surface area contributed by atoms with Crippen molar-refractivity contribution in [2.24, 2.45) is 5.73 Å². The highest BCUT2D eigenvalue weighted by Crippen LogP contribution is 2.00. The van der Waals surface area contributed by atoms with Crippen LogP contribution >= 0.6 is 12.2 Å². The molecule has 4 nitrogen and oxygen atoms in total. The Morgan fingerprint density at radius 3 is 2.75 bits per heavy atom. The van der Waals surface area contributed by atoms with Crippen molar-refractivity contribution < 1.29 is 0 Å². The fourth-order valence-corrected chi connectivity index (χ4v) is 1.75. The Morgan fingerprint density at radius 1 is 1.50 bits per heavy atom. The summed E-state index contributed by atoms with van der Waals surface area (Å²) < 4.78 is 1.69. The van der Waals surface area contributed by atoms with Crippen LogP contribution in [0.3, 0.4) is 0 Å². The van der Waals surface area contributed by atoms with Crippen molar-refractivity contribution in [3.8, 4) is 0 Å². The molecule has 1 heterocycles. The first-order chi connectivity index (χ1) is 7.50. The molecule has 0 saturated heterocycles. The maximum Gasteiger partial charge on any atom is 0.253 e. The fraction of sp³-hybridized carbons (Fsp3) is 0.545. The lowest BCUT2D eigenvalue weighted by molar-refractivity contribution is 0.575. The van der Waals surface area contributed by atoms with E-state index in [9.17, 15) is 4.79 Å². The fourth-order valence-electron chi connectivity index (χ4n) is 1.61. The number of thiocarbonyl (C=S) groups is 1. The molecule has 0 unspecified atom stereocenters. The van der Waals surface area contributed by atoms with E-state index in [4.69, 9.17) is 18.0 Å². The van der Waals surface area contributed by atoms with Crippen molar-refractivity contribution in [1.29, 1.82) is 0 Å². The minimum Gasteiger partial charge on any atom is -0.393 e. The molecule has 2 N–H and O–H groups in total. The van der Waals surface area contributed by atoms with Crippen molar-refractivity contribution in [1.82, 2.24) is 9.55 Å². The van der Waals surface area contributed by atoms with Crippen molar-refractivity contribution in [2.75, 3.05) is 0 Å². The van der Waals surface area contributed by atoms with Gasteiger partial charge in [0.2, 0.25) is 0 Å². The van der Waals surface area contributed by atoms with Gasteiger partial charge in [-0.2, -0.15) is 0 Å². The van der Waals surface area contributed by atoms with Gasteiger partial charge in [-0.25, -0.2) is 4.98 Å². The second kappa shape index (κ2) is 5.75. The molecule has 0 aromatic carbocycles. The van der Waals surface area contributed by atoms with E-state index in [1.165, 1.54) is 0 Å². The van der Waals surface area contributed by atoms with Crippen LogP contribution in [0.5, 0.6) is 0 Å². The lowest BCUT2D eigenvalue weighted by atomic mass is 10.2. The van der Waals surface area contributed by atoms with E-state index in [2.05, 4.69) is 4.98 Å². The van der Waals surface area contributed by atoms with E-state index in [0.29, 0.717) is 11.5 Å². The number of rotatable bonds is 5. The van der Waals surface area contributed by atoms with Gasteiger partial charge in [-0.1, -0.05) is 12.2 Å². The van der Waals surface area contributed by atoms with Crippen LogP contribution in [0.1, 0.15) is 30.8 Å². The molecule has 0 spiro atoms. The molecule has 1 rings (SSSR count). The molecule has 5 heteroatoms. The van der Waals surface area contributed by atoms with Gasteiger partial charge in [0.25, 0.3) is 5.56 Å². The summed E-state index contributed by atoms with van der Waals surface area (Å²) in [6.45, 7) is 4.36. The van der Waals surface area contributed by atoms with Gasteiger partial charge in [0.1, 0.15) is 5.82 Å². The third-order valence-corrected chi connectivity index (χ3v) is 2.59. The molecule has 1 aromatic rings. The number of hydrogen-bond donors (Lipinski definition) is 1. The zero-order valence-electron chi connectivity index (χ0n) is 9.69. The lowest BCUT2D eigenvalue weighted by Gasteiger charge is -2.09. The van der Waals surface area contributed by atoms with Crippen LogP contribution in [0.25, 0.3) is 0 Å². The third kappa shape index (κ3) is 3.73. The van der Waals surface area contributed by atoms with Gasteiger partial charge in [0, 0.05) is 18.3 Å². The van der Waals surface area contributed by atoms with Crippen LogP contribution < -0.4 is 11.3 Å². The predicted octanol–water partition coefficient (Wildman–Crippen LogP) is 1.32. The second-order valence-corrected chi connectivity index (χ2v) is 4.38. The second-order valence-electron chi connectivity index (χ2n) is 3.86. The van der Waals surface area contributed by atoms with Gasteiger partial charge in [0.15, 0.2) is 0 Å². The van der Waals surface area contributed by atoms with E-state index >= 15 is 0 Å². The Kier molecular flexibility index (Phi) is 4.61. The molecule has 1 aromatic heterocycles. The Bertz CT molecular complexity index is 439. The molecule has 0 bridgehead atoms. The van der Waals surface area contributed by atoms with Crippen LogP contribution in [0, 0.1) is 13.8 Å². The number of unbranched alkanes of at least 4 members (excludes halogenated alkanes) is 1. The van der Waals surface area contributed by atoms with Crippen LogP contribution in [0.2, 0.25) is 0 Å². The van der Waals surface area contributed by atoms with Gasteiger partial charge in [-0.15, -0.1) is 0 Å². The topological polar surface area (TPSA) is 60.9 Å². The first-order valence-electron chi connectivity index (χ1n) is 5.34. The van der Waals surface area contributed by atoms with E-state index in [1.807, 2.05) is 13.8 Å². The maximum atomic E-state index is 11.7. The summed E-state index contributed by atoms with van der Waals surface area (Å²) in [7, 11) is 0. The summed E-state index contributed by atoms with van der Waals surface area (Å²) in [5.41, 5.74) is 6.18. The van der Waals surface area contributed by atoms with Crippen LogP contribution in [0.15, 0.2) is 10.9 Å². The van der Waals surface area contributed by atoms with Crippen LogP contribution in [-0.2, 0) is 6.54 Å². The minimum atomic E-state index is 0.0142. The summed E-state index contributed by atoms with van der Waals surface area (Å²) in [6.07, 6.45) is 2.54. The first-order valence-corrected chi connectivity index (χ1v) is 5.75. The Hall–Kier alpha value is -1.23. The SMILES string of the molecule is Cc1cc(=O)n(CCCCC(N)=S)c(C)n1. The molecule has 0 aliphatic heterocycles. The maximum absolute atomic E-state index is 11.7. The molecule has 0 aliphatic rings. The number of nitrogens with two attached hydrogens (primary N) is 1. The predicted molar refractivity (Wildman–Crippen MR) is 68.6 cm³/mol. The molecule has 16 heavy (non-hydrogen) atoms. The number of nitrogens with zero attached hydrogens (tertiary/aromatic N) is 2. The summed E-state index contributed by atoms with van der Waals surface area (Å²) >= 11 is 4.79. The normalized spacial score (nSPS) is 10.4. The summed E-state index contributed by atoms with van der Waals surface area (Å²) in [5.74, 6) is 0.764. The van der Waals surface area contributed by atoms with Crippen molar-refractivity contribution in [3.63, 3.8) is 0 Å². The molecule has 0 radical (unpaired) electrons. The van der Waals surface area contributed by atoms with Crippen LogP contribution in [0.4, 0.5) is 0 Å². The summed E-state index contributed by atoms with van der Waals surface area (Å²) in [4.78, 5) is 16.5. The Morgan fingerprint density at radius 2 is 2.19 bits per heavy atom. The van der Waals surface area contributed by atoms with Gasteiger partial charge in [-0.05, 0) is 33.1 Å². The molecule has 0 atom stereocenters. The van der Waals surface area contributed by atoms with Gasteiger partial charge < -0.3 is 5.73 Å². The van der Waals surface area contributed by atoms with Gasteiger partial charge >= 0.3 is 0 Å². The van der Waals surface area contributed by atoms with Crippen LogP contribution in [-0.4, -0.2) is 14.5 Å². The number of aryl methyl sites for hydroxylation is 2. The molecule has 0 fully saturated rings. The Balaban J connectivity index is 2.61. The van der Waals surface area contributed by atoms with E-state index in [0.717, 1.165) is 30.8 Å². The van der Waals surface area contributed by atoms with Crippen molar-refractivity contribution in [2.45, 2.75) is 39.7 Å². The van der Waals surface area contributed by atoms with E-state index < -0.39 is 0 Å². The van der Waals surface area contributed by atoms with Gasteiger partial charge in [-0.3, -0.25) is 9.36 Å². The van der Waals surface area contributed by atoms with Crippen molar-refractivity contribution in [3.05, 3.63) is 27.9 Å². The van der Waals surface area contributed by atoms with E-state index in [-0.39, 0.29) is 5.56 Å². The third-order valence-electron chi connectivity index (χ3n) is 2.38. The highest BCUT2D eigenvalue weighted by atomic mass is 32.1. The minimum absolute atomic E-state index is 0.0142. The number of aromatic nitrogens is 2. The molecule has 0 aliphatic carbocycles.